The van der Waals surface area contributed by atoms with Crippen LogP contribution in [0.15, 0.2) is 29.3 Å². The Morgan fingerprint density at radius 3 is 2.58 bits per heavy atom. The van der Waals surface area contributed by atoms with Crippen molar-refractivity contribution in [2.45, 2.75) is 13.3 Å². The number of rotatable bonds is 6. The molecular formula is C17H28FIN4O. The van der Waals surface area contributed by atoms with Gasteiger partial charge in [-0.25, -0.2) is 4.39 Å². The third-order valence-electron chi connectivity index (χ3n) is 3.94. The van der Waals surface area contributed by atoms with Crippen LogP contribution in [0, 0.1) is 5.82 Å². The number of piperazine rings is 1. The van der Waals surface area contributed by atoms with Crippen LogP contribution in [0.1, 0.15) is 13.3 Å². The van der Waals surface area contributed by atoms with Crippen molar-refractivity contribution in [3.63, 3.8) is 0 Å². The number of guanidine groups is 1. The molecule has 1 aromatic carbocycles. The first kappa shape index (κ1) is 21.0. The second kappa shape index (κ2) is 11.5. The van der Waals surface area contributed by atoms with Crippen LogP contribution in [0.4, 0.5) is 10.1 Å². The van der Waals surface area contributed by atoms with E-state index in [9.17, 15) is 4.39 Å². The van der Waals surface area contributed by atoms with Gasteiger partial charge in [0.15, 0.2) is 5.96 Å². The number of halogens is 2. The van der Waals surface area contributed by atoms with Gasteiger partial charge in [-0.3, -0.25) is 4.99 Å². The summed E-state index contributed by atoms with van der Waals surface area (Å²) in [5.74, 6) is 0.758. The Balaban J connectivity index is 0.00000288. The minimum atomic E-state index is -0.153. The van der Waals surface area contributed by atoms with Crippen LogP contribution < -0.4 is 10.2 Å². The molecule has 1 fully saturated rings. The minimum Gasteiger partial charge on any atom is -0.382 e. The molecule has 136 valence electrons. The van der Waals surface area contributed by atoms with Gasteiger partial charge in [0.05, 0.1) is 5.69 Å². The smallest absolute Gasteiger partial charge is 0.193 e. The van der Waals surface area contributed by atoms with Crippen molar-refractivity contribution in [2.24, 2.45) is 4.99 Å². The number of hydrogen-bond acceptors (Lipinski definition) is 3. The highest BCUT2D eigenvalue weighted by molar-refractivity contribution is 14.0. The summed E-state index contributed by atoms with van der Waals surface area (Å²) in [7, 11) is 1.80. The molecule has 1 heterocycles. The summed E-state index contributed by atoms with van der Waals surface area (Å²) in [6, 6.07) is 6.96. The van der Waals surface area contributed by atoms with Gasteiger partial charge in [-0.05, 0) is 25.5 Å². The summed E-state index contributed by atoms with van der Waals surface area (Å²) in [5.41, 5.74) is 0.687. The number of para-hydroxylation sites is 1. The van der Waals surface area contributed by atoms with Crippen molar-refractivity contribution in [2.75, 3.05) is 57.9 Å². The Morgan fingerprint density at radius 1 is 1.25 bits per heavy atom. The molecule has 1 N–H and O–H groups in total. The zero-order chi connectivity index (χ0) is 16.5. The first-order valence-electron chi connectivity index (χ1n) is 8.29. The van der Waals surface area contributed by atoms with Crippen molar-refractivity contribution in [3.8, 4) is 0 Å². The highest BCUT2D eigenvalue weighted by Crippen LogP contribution is 2.20. The average Bonchev–Trinajstić information content (AvgIpc) is 2.59. The first-order valence-corrected chi connectivity index (χ1v) is 8.29. The molecule has 1 aromatic rings. The van der Waals surface area contributed by atoms with E-state index in [-0.39, 0.29) is 29.8 Å². The highest BCUT2D eigenvalue weighted by atomic mass is 127. The molecule has 0 unspecified atom stereocenters. The Kier molecular flexibility index (Phi) is 10.0. The van der Waals surface area contributed by atoms with Gasteiger partial charge in [0.25, 0.3) is 0 Å². The van der Waals surface area contributed by atoms with Crippen molar-refractivity contribution in [3.05, 3.63) is 30.1 Å². The summed E-state index contributed by atoms with van der Waals surface area (Å²) < 4.78 is 19.2. The summed E-state index contributed by atoms with van der Waals surface area (Å²) in [4.78, 5) is 8.65. The maximum atomic E-state index is 13.9. The highest BCUT2D eigenvalue weighted by Gasteiger charge is 2.21. The van der Waals surface area contributed by atoms with E-state index in [1.54, 1.807) is 13.1 Å². The fourth-order valence-corrected chi connectivity index (χ4v) is 2.72. The van der Waals surface area contributed by atoms with Crippen LogP contribution in [0.25, 0.3) is 0 Å². The van der Waals surface area contributed by atoms with Crippen molar-refractivity contribution in [1.29, 1.82) is 0 Å². The number of nitrogens with zero attached hydrogens (tertiary/aromatic N) is 3. The van der Waals surface area contributed by atoms with Gasteiger partial charge in [-0.15, -0.1) is 24.0 Å². The standard InChI is InChI=1S/C17H27FN4O.HI/c1-3-23-14-6-9-20-17(19-2)22-12-10-21(11-13-22)16-8-5-4-7-15(16)18;/h4-5,7-8H,3,6,9-14H2,1-2H3,(H,19,20);1H. The predicted molar refractivity (Wildman–Crippen MR) is 108 cm³/mol. The quantitative estimate of drug-likeness (QED) is 0.313. The predicted octanol–water partition coefficient (Wildman–Crippen LogP) is 2.57. The number of anilines is 1. The van der Waals surface area contributed by atoms with Gasteiger partial charge in [0.2, 0.25) is 0 Å². The lowest BCUT2D eigenvalue weighted by Gasteiger charge is -2.37. The second-order valence-corrected chi connectivity index (χ2v) is 5.45. The molecule has 24 heavy (non-hydrogen) atoms. The monoisotopic (exact) mass is 450 g/mol. The first-order chi connectivity index (χ1) is 11.3. The molecular weight excluding hydrogens is 422 g/mol. The van der Waals surface area contributed by atoms with Crippen LogP contribution in [-0.4, -0.2) is 63.8 Å². The van der Waals surface area contributed by atoms with Gasteiger partial charge in [-0.1, -0.05) is 12.1 Å². The third-order valence-corrected chi connectivity index (χ3v) is 3.94. The van der Waals surface area contributed by atoms with E-state index in [4.69, 9.17) is 4.74 Å². The van der Waals surface area contributed by atoms with E-state index < -0.39 is 0 Å². The van der Waals surface area contributed by atoms with Crippen LogP contribution in [-0.2, 0) is 4.74 Å². The van der Waals surface area contributed by atoms with Gasteiger partial charge in [0.1, 0.15) is 5.82 Å². The number of aliphatic imine (C=N–C) groups is 1. The molecule has 0 spiro atoms. The number of benzene rings is 1. The van der Waals surface area contributed by atoms with Gasteiger partial charge < -0.3 is 19.9 Å². The van der Waals surface area contributed by atoms with Gasteiger partial charge >= 0.3 is 0 Å². The lowest BCUT2D eigenvalue weighted by molar-refractivity contribution is 0.145. The molecule has 0 radical (unpaired) electrons. The average molecular weight is 450 g/mol. The molecule has 0 saturated carbocycles. The summed E-state index contributed by atoms with van der Waals surface area (Å²) in [6.07, 6.45) is 0.960. The lowest BCUT2D eigenvalue weighted by Crippen LogP contribution is -2.52. The fraction of sp³-hybridized carbons (Fsp3) is 0.588. The lowest BCUT2D eigenvalue weighted by atomic mass is 10.2. The van der Waals surface area contributed by atoms with E-state index in [0.29, 0.717) is 5.69 Å². The number of hydrogen-bond donors (Lipinski definition) is 1. The summed E-state index contributed by atoms with van der Waals surface area (Å²) in [6.45, 7) is 7.62. The molecule has 0 aliphatic carbocycles. The number of ether oxygens (including phenoxy) is 1. The van der Waals surface area contributed by atoms with Crippen LogP contribution in [0.5, 0.6) is 0 Å². The van der Waals surface area contributed by atoms with Crippen LogP contribution in [0.2, 0.25) is 0 Å². The third kappa shape index (κ3) is 6.08. The molecule has 2 rings (SSSR count). The van der Waals surface area contributed by atoms with E-state index in [1.807, 2.05) is 19.1 Å². The van der Waals surface area contributed by atoms with Crippen molar-refractivity contribution < 1.29 is 9.13 Å². The molecule has 1 aliphatic heterocycles. The Labute approximate surface area is 161 Å². The Bertz CT molecular complexity index is 507. The van der Waals surface area contributed by atoms with Gasteiger partial charge in [-0.2, -0.15) is 0 Å². The Hall–Kier alpha value is -1.09. The zero-order valence-corrected chi connectivity index (χ0v) is 16.8. The molecule has 0 amide bonds. The van der Waals surface area contributed by atoms with Crippen molar-refractivity contribution >= 4 is 35.6 Å². The molecule has 0 bridgehead atoms. The van der Waals surface area contributed by atoms with Gasteiger partial charge in [0, 0.05) is 53.0 Å². The second-order valence-electron chi connectivity index (χ2n) is 5.45. The summed E-state index contributed by atoms with van der Waals surface area (Å²) in [5, 5.41) is 3.37. The molecule has 0 aromatic heterocycles. The maximum absolute atomic E-state index is 13.9. The molecule has 7 heteroatoms. The molecule has 5 nitrogen and oxygen atoms in total. The van der Waals surface area contributed by atoms with E-state index in [2.05, 4.69) is 20.1 Å². The van der Waals surface area contributed by atoms with E-state index in [1.165, 1.54) is 6.07 Å². The van der Waals surface area contributed by atoms with E-state index >= 15 is 0 Å². The molecule has 1 saturated heterocycles. The van der Waals surface area contributed by atoms with E-state index in [0.717, 1.165) is 58.3 Å². The Morgan fingerprint density at radius 2 is 1.96 bits per heavy atom. The molecule has 1 aliphatic rings. The molecule has 0 atom stereocenters. The minimum absolute atomic E-state index is 0. The van der Waals surface area contributed by atoms with Crippen molar-refractivity contribution in [1.82, 2.24) is 10.2 Å². The topological polar surface area (TPSA) is 40.1 Å². The SMILES string of the molecule is CCOCCCNC(=NC)N1CCN(c2ccccc2F)CC1.I. The zero-order valence-electron chi connectivity index (χ0n) is 14.5. The number of nitrogens with one attached hydrogen (secondary N) is 1. The van der Waals surface area contributed by atoms with Crippen LogP contribution in [0.3, 0.4) is 0 Å². The normalized spacial score (nSPS) is 15.2. The summed E-state index contributed by atoms with van der Waals surface area (Å²) >= 11 is 0. The maximum Gasteiger partial charge on any atom is 0.193 e. The fourth-order valence-electron chi connectivity index (χ4n) is 2.72. The van der Waals surface area contributed by atoms with Crippen LogP contribution >= 0.6 is 24.0 Å². The largest absolute Gasteiger partial charge is 0.382 e.